The average molecular weight is 274 g/mol. The van der Waals surface area contributed by atoms with Gasteiger partial charge in [0.05, 0.1) is 6.10 Å². The SMILES string of the molecule is CCn1cc(S(=O)(=O)N2CCC(OC)C2)c(N)n1. The number of aryl methyl sites for hydroxylation is 1. The minimum atomic E-state index is -3.56. The van der Waals surface area contributed by atoms with Crippen molar-refractivity contribution < 1.29 is 13.2 Å². The number of rotatable bonds is 4. The minimum absolute atomic E-state index is 0.0396. The van der Waals surface area contributed by atoms with Gasteiger partial charge < -0.3 is 10.5 Å². The number of anilines is 1. The highest BCUT2D eigenvalue weighted by molar-refractivity contribution is 7.89. The second-order valence-electron chi connectivity index (χ2n) is 4.24. The molecule has 1 saturated heterocycles. The van der Waals surface area contributed by atoms with E-state index in [0.717, 1.165) is 0 Å². The molecule has 1 aliphatic heterocycles. The van der Waals surface area contributed by atoms with Crippen LogP contribution in [0.2, 0.25) is 0 Å². The van der Waals surface area contributed by atoms with Gasteiger partial charge in [0.1, 0.15) is 4.90 Å². The Labute approximate surface area is 107 Å². The van der Waals surface area contributed by atoms with Crippen molar-refractivity contribution in [2.75, 3.05) is 25.9 Å². The number of aromatic nitrogens is 2. The van der Waals surface area contributed by atoms with Gasteiger partial charge in [-0.3, -0.25) is 4.68 Å². The highest BCUT2D eigenvalue weighted by atomic mass is 32.2. The van der Waals surface area contributed by atoms with E-state index in [1.165, 1.54) is 15.2 Å². The van der Waals surface area contributed by atoms with Crippen LogP contribution in [-0.2, 0) is 21.3 Å². The zero-order valence-corrected chi connectivity index (χ0v) is 11.4. The minimum Gasteiger partial charge on any atom is -0.381 e. The van der Waals surface area contributed by atoms with Gasteiger partial charge in [-0.15, -0.1) is 0 Å². The fraction of sp³-hybridized carbons (Fsp3) is 0.700. The summed E-state index contributed by atoms with van der Waals surface area (Å²) >= 11 is 0. The molecule has 1 aromatic rings. The molecule has 0 aromatic carbocycles. The molecule has 0 amide bonds. The third-order valence-corrected chi connectivity index (χ3v) is 5.02. The molecule has 1 unspecified atom stereocenters. The number of methoxy groups -OCH3 is 1. The largest absolute Gasteiger partial charge is 0.381 e. The molecule has 8 heteroatoms. The van der Waals surface area contributed by atoms with Gasteiger partial charge >= 0.3 is 0 Å². The zero-order chi connectivity index (χ0) is 13.3. The third-order valence-electron chi connectivity index (χ3n) is 3.14. The monoisotopic (exact) mass is 274 g/mol. The maximum absolute atomic E-state index is 12.4. The lowest BCUT2D eigenvalue weighted by Crippen LogP contribution is -2.30. The quantitative estimate of drug-likeness (QED) is 0.827. The smallest absolute Gasteiger partial charge is 0.248 e. The van der Waals surface area contributed by atoms with Crippen LogP contribution in [0, 0.1) is 0 Å². The standard InChI is InChI=1S/C10H18N4O3S/c1-3-13-7-9(10(11)12-13)18(15,16)14-5-4-8(6-14)17-2/h7-8H,3-6H2,1-2H3,(H2,11,12). The molecule has 0 bridgehead atoms. The Bertz CT molecular complexity index is 525. The summed E-state index contributed by atoms with van der Waals surface area (Å²) in [7, 11) is -1.97. The van der Waals surface area contributed by atoms with E-state index in [4.69, 9.17) is 10.5 Å². The lowest BCUT2D eigenvalue weighted by Gasteiger charge is -2.15. The molecule has 0 spiro atoms. The number of nitrogens with two attached hydrogens (primary N) is 1. The van der Waals surface area contributed by atoms with Crippen molar-refractivity contribution in [3.05, 3.63) is 6.20 Å². The maximum atomic E-state index is 12.4. The van der Waals surface area contributed by atoms with Gasteiger partial charge in [0.15, 0.2) is 5.82 Å². The van der Waals surface area contributed by atoms with Gasteiger partial charge in [0.2, 0.25) is 10.0 Å². The van der Waals surface area contributed by atoms with Crippen LogP contribution in [0.1, 0.15) is 13.3 Å². The van der Waals surface area contributed by atoms with E-state index in [-0.39, 0.29) is 16.8 Å². The van der Waals surface area contributed by atoms with Crippen molar-refractivity contribution in [2.45, 2.75) is 30.9 Å². The number of nitrogens with zero attached hydrogens (tertiary/aromatic N) is 3. The molecule has 102 valence electrons. The van der Waals surface area contributed by atoms with E-state index in [9.17, 15) is 8.42 Å². The van der Waals surface area contributed by atoms with Crippen LogP contribution in [-0.4, -0.2) is 48.8 Å². The van der Waals surface area contributed by atoms with Gasteiger partial charge in [0.25, 0.3) is 0 Å². The average Bonchev–Trinajstić information content (AvgIpc) is 2.95. The Morgan fingerprint density at radius 3 is 2.83 bits per heavy atom. The first-order valence-corrected chi connectivity index (χ1v) is 7.29. The van der Waals surface area contributed by atoms with Gasteiger partial charge in [0, 0.05) is 32.9 Å². The number of nitrogen functional groups attached to an aromatic ring is 1. The van der Waals surface area contributed by atoms with Crippen LogP contribution in [0.5, 0.6) is 0 Å². The second kappa shape index (κ2) is 4.87. The first-order chi connectivity index (χ1) is 8.48. The lowest BCUT2D eigenvalue weighted by molar-refractivity contribution is 0.115. The molecule has 2 N–H and O–H groups in total. The Balaban J connectivity index is 2.28. The van der Waals surface area contributed by atoms with Crippen LogP contribution in [0.4, 0.5) is 5.82 Å². The molecule has 0 radical (unpaired) electrons. The van der Waals surface area contributed by atoms with E-state index < -0.39 is 10.0 Å². The van der Waals surface area contributed by atoms with Crippen LogP contribution >= 0.6 is 0 Å². The summed E-state index contributed by atoms with van der Waals surface area (Å²) < 4.78 is 32.9. The molecule has 2 heterocycles. The van der Waals surface area contributed by atoms with E-state index in [0.29, 0.717) is 26.1 Å². The second-order valence-corrected chi connectivity index (χ2v) is 6.15. The summed E-state index contributed by atoms with van der Waals surface area (Å²) in [4.78, 5) is 0.0844. The summed E-state index contributed by atoms with van der Waals surface area (Å²) in [5, 5.41) is 3.96. The van der Waals surface area contributed by atoms with Crippen LogP contribution in [0.15, 0.2) is 11.1 Å². The van der Waals surface area contributed by atoms with Crippen molar-refractivity contribution in [3.63, 3.8) is 0 Å². The van der Waals surface area contributed by atoms with E-state index in [1.807, 2.05) is 6.92 Å². The van der Waals surface area contributed by atoms with Crippen molar-refractivity contribution >= 4 is 15.8 Å². The zero-order valence-electron chi connectivity index (χ0n) is 10.5. The highest BCUT2D eigenvalue weighted by Crippen LogP contribution is 2.25. The fourth-order valence-corrected chi connectivity index (χ4v) is 3.57. The summed E-state index contributed by atoms with van der Waals surface area (Å²) in [5.74, 6) is 0.0534. The van der Waals surface area contributed by atoms with Crippen LogP contribution < -0.4 is 5.73 Å². The summed E-state index contributed by atoms with van der Waals surface area (Å²) in [6.45, 7) is 3.28. The van der Waals surface area contributed by atoms with Crippen molar-refractivity contribution in [1.82, 2.24) is 14.1 Å². The molecule has 1 aromatic heterocycles. The number of hydrogen-bond donors (Lipinski definition) is 1. The number of ether oxygens (including phenoxy) is 1. The highest BCUT2D eigenvalue weighted by Gasteiger charge is 2.34. The van der Waals surface area contributed by atoms with Crippen LogP contribution in [0.3, 0.4) is 0 Å². The number of sulfonamides is 1. The summed E-state index contributed by atoms with van der Waals surface area (Å²) in [5.41, 5.74) is 5.67. The topological polar surface area (TPSA) is 90.5 Å². The molecule has 1 fully saturated rings. The first kappa shape index (κ1) is 13.3. The van der Waals surface area contributed by atoms with Gasteiger partial charge in [-0.1, -0.05) is 0 Å². The Kier molecular flexibility index (Phi) is 3.60. The van der Waals surface area contributed by atoms with E-state index in [2.05, 4.69) is 5.10 Å². The Morgan fingerprint density at radius 1 is 1.61 bits per heavy atom. The fourth-order valence-electron chi connectivity index (χ4n) is 2.03. The van der Waals surface area contributed by atoms with E-state index >= 15 is 0 Å². The van der Waals surface area contributed by atoms with E-state index in [1.54, 1.807) is 7.11 Å². The normalized spacial score (nSPS) is 21.6. The lowest BCUT2D eigenvalue weighted by atomic mass is 10.3. The summed E-state index contributed by atoms with van der Waals surface area (Å²) in [6, 6.07) is 0. The molecule has 1 aliphatic rings. The Morgan fingerprint density at radius 2 is 2.33 bits per heavy atom. The van der Waals surface area contributed by atoms with Crippen molar-refractivity contribution in [3.8, 4) is 0 Å². The molecule has 7 nitrogen and oxygen atoms in total. The Hall–Kier alpha value is -1.12. The predicted molar refractivity (Wildman–Crippen MR) is 66.5 cm³/mol. The molecule has 0 saturated carbocycles. The van der Waals surface area contributed by atoms with Gasteiger partial charge in [-0.2, -0.15) is 9.40 Å². The first-order valence-electron chi connectivity index (χ1n) is 5.85. The third kappa shape index (κ3) is 2.23. The maximum Gasteiger partial charge on any atom is 0.248 e. The van der Waals surface area contributed by atoms with Gasteiger partial charge in [-0.05, 0) is 13.3 Å². The van der Waals surface area contributed by atoms with Crippen LogP contribution in [0.25, 0.3) is 0 Å². The molecular weight excluding hydrogens is 256 g/mol. The molecule has 0 aliphatic carbocycles. The van der Waals surface area contributed by atoms with Gasteiger partial charge in [-0.25, -0.2) is 8.42 Å². The molecule has 1 atom stereocenters. The van der Waals surface area contributed by atoms with Crippen molar-refractivity contribution in [2.24, 2.45) is 0 Å². The molecule has 18 heavy (non-hydrogen) atoms. The number of hydrogen-bond acceptors (Lipinski definition) is 5. The summed E-state index contributed by atoms with van der Waals surface area (Å²) in [6.07, 6.45) is 2.14. The predicted octanol–water partition coefficient (Wildman–Crippen LogP) is -0.105. The molecular formula is C10H18N4O3S. The molecule has 2 rings (SSSR count). The van der Waals surface area contributed by atoms with Crippen molar-refractivity contribution in [1.29, 1.82) is 0 Å².